The summed E-state index contributed by atoms with van der Waals surface area (Å²) in [6, 6.07) is 6.25. The fraction of sp³-hybridized carbons (Fsp3) is 0.517. The van der Waals surface area contributed by atoms with Crippen LogP contribution < -0.4 is 10.6 Å². The van der Waals surface area contributed by atoms with Crippen LogP contribution in [-0.4, -0.2) is 88.5 Å². The van der Waals surface area contributed by atoms with Crippen molar-refractivity contribution in [2.24, 2.45) is 0 Å². The van der Waals surface area contributed by atoms with E-state index in [0.29, 0.717) is 28.7 Å². The minimum Gasteiger partial charge on any atom is -0.375 e. The molecular formula is C29H37ClN6O4S. The highest BCUT2D eigenvalue weighted by Gasteiger charge is 2.36. The first kappa shape index (κ1) is 29.5. The van der Waals surface area contributed by atoms with E-state index in [1.165, 1.54) is 18.4 Å². The molecule has 1 fully saturated rings. The van der Waals surface area contributed by atoms with Gasteiger partial charge in [0, 0.05) is 66.1 Å². The first-order chi connectivity index (χ1) is 19.6. The van der Waals surface area contributed by atoms with Gasteiger partial charge in [-0.05, 0) is 51.0 Å². The molecule has 0 spiro atoms. The van der Waals surface area contributed by atoms with Gasteiger partial charge in [0.15, 0.2) is 5.01 Å². The van der Waals surface area contributed by atoms with Gasteiger partial charge in [-0.1, -0.05) is 18.5 Å². The van der Waals surface area contributed by atoms with Crippen LogP contribution in [0.2, 0.25) is 5.02 Å². The number of thiazole rings is 1. The van der Waals surface area contributed by atoms with Crippen molar-refractivity contribution in [3.8, 4) is 0 Å². The molecule has 10 nitrogen and oxygen atoms in total. The number of halogens is 1. The second kappa shape index (κ2) is 12.1. The van der Waals surface area contributed by atoms with Crippen LogP contribution in [0.4, 0.5) is 0 Å². The van der Waals surface area contributed by atoms with Crippen LogP contribution >= 0.6 is 22.9 Å². The number of methoxy groups -OCH3 is 1. The van der Waals surface area contributed by atoms with Crippen LogP contribution in [0.1, 0.15) is 64.5 Å². The first-order valence-corrected chi connectivity index (χ1v) is 15.2. The number of fused-ring (bicyclic) bond motifs is 2. The molecular weight excluding hydrogens is 564 g/mol. The summed E-state index contributed by atoms with van der Waals surface area (Å²) in [6.07, 6.45) is 2.32. The van der Waals surface area contributed by atoms with Crippen LogP contribution in [-0.2, 0) is 22.5 Å². The number of piperidine rings is 1. The number of hydrogen-bond acceptors (Lipinski definition) is 7. The van der Waals surface area contributed by atoms with Crippen LogP contribution in [0.15, 0.2) is 24.3 Å². The number of aromatic amines is 1. The number of H-pyrrole nitrogens is 1. The number of aromatic nitrogens is 2. The molecule has 0 bridgehead atoms. The standard InChI is InChI=1S/C29H37ClN6O4S/c1-5-29(2,3)36-11-9-21-24(15-36)41-28(34-21)27(39)33-23-14-35(25(37)16-40-4)10-8-20(23)32-26(38)22-13-17-12-18(30)6-7-19(17)31-22/h6-7,12-13,20,23,31H,5,8-11,14-16H2,1-4H3,(H,32,38)(H,33,39)/t20-,23+/m0/s1. The van der Waals surface area contributed by atoms with Crippen LogP contribution in [0, 0.1) is 0 Å². The maximum absolute atomic E-state index is 13.5. The maximum atomic E-state index is 13.5. The van der Waals surface area contributed by atoms with Crippen LogP contribution in [0.5, 0.6) is 0 Å². The summed E-state index contributed by atoms with van der Waals surface area (Å²) in [5.74, 6) is -0.745. The monoisotopic (exact) mass is 600 g/mol. The summed E-state index contributed by atoms with van der Waals surface area (Å²) >= 11 is 7.53. The molecule has 0 aliphatic carbocycles. The second-order valence-electron chi connectivity index (χ2n) is 11.4. The van der Waals surface area contributed by atoms with Gasteiger partial charge in [0.1, 0.15) is 12.3 Å². The molecule has 1 aromatic carbocycles. The van der Waals surface area contributed by atoms with E-state index in [4.69, 9.17) is 16.3 Å². The predicted octanol–water partition coefficient (Wildman–Crippen LogP) is 3.60. The van der Waals surface area contributed by atoms with Gasteiger partial charge in [-0.15, -0.1) is 11.3 Å². The Morgan fingerprint density at radius 1 is 1.17 bits per heavy atom. The molecule has 3 amide bonds. The van der Waals surface area contributed by atoms with E-state index in [2.05, 4.69) is 46.3 Å². The van der Waals surface area contributed by atoms with Crippen molar-refractivity contribution in [1.82, 2.24) is 30.4 Å². The van der Waals surface area contributed by atoms with E-state index in [0.717, 1.165) is 47.4 Å². The Kier molecular flexibility index (Phi) is 8.70. The van der Waals surface area contributed by atoms with Crippen LogP contribution in [0.3, 0.4) is 0 Å². The summed E-state index contributed by atoms with van der Waals surface area (Å²) in [5.41, 5.74) is 2.26. The van der Waals surface area contributed by atoms with E-state index in [-0.39, 0.29) is 42.5 Å². The third-order valence-corrected chi connectivity index (χ3v) is 9.66. The molecule has 3 N–H and O–H groups in total. The Labute approximate surface area is 248 Å². The van der Waals surface area contributed by atoms with Gasteiger partial charge in [-0.25, -0.2) is 4.98 Å². The van der Waals surface area contributed by atoms with Crippen LogP contribution in [0.25, 0.3) is 10.9 Å². The lowest BCUT2D eigenvalue weighted by molar-refractivity contribution is -0.136. The van der Waals surface area contributed by atoms with Crippen molar-refractivity contribution in [2.45, 2.75) is 64.2 Å². The highest BCUT2D eigenvalue weighted by Crippen LogP contribution is 2.31. The molecule has 2 aliphatic rings. The fourth-order valence-electron chi connectivity index (χ4n) is 5.45. The van der Waals surface area contributed by atoms with Gasteiger partial charge in [0.05, 0.1) is 17.8 Å². The molecule has 12 heteroatoms. The molecule has 4 heterocycles. The second-order valence-corrected chi connectivity index (χ2v) is 12.9. The zero-order valence-electron chi connectivity index (χ0n) is 23.9. The van der Waals surface area contributed by atoms with E-state index in [9.17, 15) is 14.4 Å². The van der Waals surface area contributed by atoms with Crippen molar-refractivity contribution >= 4 is 51.6 Å². The molecule has 1 saturated heterocycles. The van der Waals surface area contributed by atoms with Gasteiger partial charge in [0.2, 0.25) is 5.91 Å². The number of ether oxygens (including phenoxy) is 1. The number of hydrogen-bond donors (Lipinski definition) is 3. The minimum atomic E-state index is -0.503. The van der Waals surface area contributed by atoms with Gasteiger partial charge < -0.3 is 25.3 Å². The van der Waals surface area contributed by atoms with Gasteiger partial charge >= 0.3 is 0 Å². The van der Waals surface area contributed by atoms with Gasteiger partial charge in [0.25, 0.3) is 11.8 Å². The zero-order valence-corrected chi connectivity index (χ0v) is 25.5. The SMILES string of the molecule is CCC(C)(C)N1CCc2nc(C(=O)N[C@@H]3CN(C(=O)COC)CC[C@@H]3NC(=O)c3cc4cc(Cl)ccc4[nH]3)sc2C1. The highest BCUT2D eigenvalue weighted by molar-refractivity contribution is 7.13. The number of amides is 3. The van der Waals surface area contributed by atoms with Crippen molar-refractivity contribution in [2.75, 3.05) is 33.4 Å². The van der Waals surface area contributed by atoms with E-state index < -0.39 is 6.04 Å². The number of carbonyl (C=O) groups is 3. The Bertz CT molecular complexity index is 1450. The van der Waals surface area contributed by atoms with Crippen molar-refractivity contribution in [1.29, 1.82) is 0 Å². The maximum Gasteiger partial charge on any atom is 0.280 e. The Morgan fingerprint density at radius 3 is 2.71 bits per heavy atom. The lowest BCUT2D eigenvalue weighted by atomic mass is 9.97. The van der Waals surface area contributed by atoms with E-state index in [1.807, 2.05) is 6.07 Å². The molecule has 0 unspecified atom stereocenters. The molecule has 0 radical (unpaired) electrons. The highest BCUT2D eigenvalue weighted by atomic mass is 35.5. The predicted molar refractivity (Wildman–Crippen MR) is 159 cm³/mol. The lowest BCUT2D eigenvalue weighted by Gasteiger charge is -2.39. The number of carbonyl (C=O) groups excluding carboxylic acids is 3. The van der Waals surface area contributed by atoms with Crippen molar-refractivity contribution in [3.63, 3.8) is 0 Å². The van der Waals surface area contributed by atoms with E-state index >= 15 is 0 Å². The molecule has 41 heavy (non-hydrogen) atoms. The normalized spacial score (nSPS) is 19.7. The fourth-order valence-corrected chi connectivity index (χ4v) is 6.65. The summed E-state index contributed by atoms with van der Waals surface area (Å²) < 4.78 is 5.04. The molecule has 0 saturated carbocycles. The smallest absolute Gasteiger partial charge is 0.280 e. The van der Waals surface area contributed by atoms with E-state index in [1.54, 1.807) is 23.1 Å². The van der Waals surface area contributed by atoms with Crippen molar-refractivity contribution < 1.29 is 19.1 Å². The zero-order chi connectivity index (χ0) is 29.3. The number of nitrogens with one attached hydrogen (secondary N) is 3. The topological polar surface area (TPSA) is 120 Å². The molecule has 2 atom stereocenters. The molecule has 220 valence electrons. The molecule has 5 rings (SSSR count). The Hall–Kier alpha value is -2.99. The quantitative estimate of drug-likeness (QED) is 0.363. The third-order valence-electron chi connectivity index (χ3n) is 8.34. The number of rotatable bonds is 8. The van der Waals surface area contributed by atoms with Gasteiger partial charge in [-0.2, -0.15) is 0 Å². The van der Waals surface area contributed by atoms with Gasteiger partial charge in [-0.3, -0.25) is 19.3 Å². The number of benzene rings is 1. The number of nitrogens with zero attached hydrogens (tertiary/aromatic N) is 3. The molecule has 2 aliphatic heterocycles. The summed E-state index contributed by atoms with van der Waals surface area (Å²) in [5, 5.41) is 7.99. The average Bonchev–Trinajstić information content (AvgIpc) is 3.58. The first-order valence-electron chi connectivity index (χ1n) is 14.0. The Morgan fingerprint density at radius 2 is 1.95 bits per heavy atom. The largest absolute Gasteiger partial charge is 0.375 e. The Balaban J connectivity index is 1.32. The number of likely N-dealkylation sites (tertiary alicyclic amines) is 1. The average molecular weight is 601 g/mol. The summed E-state index contributed by atoms with van der Waals surface area (Å²) in [7, 11) is 1.48. The summed E-state index contributed by atoms with van der Waals surface area (Å²) in [4.78, 5) is 52.4. The molecule has 2 aromatic heterocycles. The lowest BCUT2D eigenvalue weighted by Crippen LogP contribution is -2.61. The minimum absolute atomic E-state index is 0.0425. The third kappa shape index (κ3) is 6.43. The molecule has 3 aromatic rings. The summed E-state index contributed by atoms with van der Waals surface area (Å²) in [6.45, 7) is 9.01. The van der Waals surface area contributed by atoms with Crippen molar-refractivity contribution in [3.05, 3.63) is 50.6 Å².